The van der Waals surface area contributed by atoms with Crippen LogP contribution in [0.3, 0.4) is 0 Å². The van der Waals surface area contributed by atoms with Crippen molar-refractivity contribution in [3.05, 3.63) is 65.2 Å². The summed E-state index contributed by atoms with van der Waals surface area (Å²) in [6.07, 6.45) is 3.20. The van der Waals surface area contributed by atoms with E-state index in [9.17, 15) is 19.8 Å². The minimum absolute atomic E-state index is 0.0456. The van der Waals surface area contributed by atoms with Crippen molar-refractivity contribution in [2.24, 2.45) is 0 Å². The number of carboxylic acid groups (broad SMARTS) is 1. The number of aliphatic hydroxyl groups excluding tert-OH is 1. The second kappa shape index (κ2) is 8.99. The molecule has 0 saturated heterocycles. The third kappa shape index (κ3) is 5.16. The number of nitrogens with one attached hydrogen (secondary N) is 1. The van der Waals surface area contributed by atoms with E-state index >= 15 is 0 Å². The molecule has 2 aromatic rings. The number of hydrogen-bond acceptors (Lipinski definition) is 3. The van der Waals surface area contributed by atoms with E-state index in [0.29, 0.717) is 12.1 Å². The lowest BCUT2D eigenvalue weighted by Crippen LogP contribution is -2.16. The van der Waals surface area contributed by atoms with Crippen LogP contribution in [-0.2, 0) is 0 Å². The van der Waals surface area contributed by atoms with Crippen LogP contribution in [0.1, 0.15) is 65.0 Å². The monoisotopic (exact) mass is 341 g/mol. The molecule has 5 heteroatoms. The highest BCUT2D eigenvalue weighted by Gasteiger charge is 2.16. The Kier molecular flexibility index (Phi) is 6.71. The van der Waals surface area contributed by atoms with Gasteiger partial charge in [0.15, 0.2) is 0 Å². The number of aliphatic hydroxyl groups is 1. The number of carbonyl (C=O) groups is 2. The van der Waals surface area contributed by atoms with Gasteiger partial charge in [-0.15, -0.1) is 0 Å². The van der Waals surface area contributed by atoms with Crippen molar-refractivity contribution in [3.63, 3.8) is 0 Å². The summed E-state index contributed by atoms with van der Waals surface area (Å²) in [4.78, 5) is 23.6. The van der Waals surface area contributed by atoms with Gasteiger partial charge in [0.1, 0.15) is 0 Å². The highest BCUT2D eigenvalue weighted by molar-refractivity contribution is 6.10. The van der Waals surface area contributed by atoms with Gasteiger partial charge in [-0.05, 0) is 36.2 Å². The quantitative estimate of drug-likeness (QED) is 0.626. The Morgan fingerprint density at radius 1 is 1.04 bits per heavy atom. The predicted octanol–water partition coefficient (Wildman–Crippen LogP) is 4.25. The van der Waals surface area contributed by atoms with E-state index < -0.39 is 18.0 Å². The molecule has 3 N–H and O–H groups in total. The van der Waals surface area contributed by atoms with Crippen LogP contribution in [0.2, 0.25) is 0 Å². The van der Waals surface area contributed by atoms with E-state index in [4.69, 9.17) is 0 Å². The standard InChI is InChI=1S/C20H23NO4/c1-2-3-4-12-18(22)14-8-7-9-15(13-14)21-19(23)16-10-5-6-11-17(16)20(24)25/h5-11,13,18,22H,2-4,12H2,1H3,(H,21,23)(H,24,25). The molecule has 0 aliphatic rings. The van der Waals surface area contributed by atoms with Gasteiger partial charge in [0.2, 0.25) is 0 Å². The van der Waals surface area contributed by atoms with Gasteiger partial charge in [-0.3, -0.25) is 4.79 Å². The van der Waals surface area contributed by atoms with Crippen molar-refractivity contribution in [1.82, 2.24) is 0 Å². The van der Waals surface area contributed by atoms with Crippen LogP contribution in [0.5, 0.6) is 0 Å². The van der Waals surface area contributed by atoms with E-state index in [1.54, 1.807) is 30.3 Å². The Morgan fingerprint density at radius 2 is 1.76 bits per heavy atom. The molecular weight excluding hydrogens is 318 g/mol. The van der Waals surface area contributed by atoms with Crippen molar-refractivity contribution in [2.45, 2.75) is 38.7 Å². The molecule has 0 bridgehead atoms. The molecule has 1 atom stereocenters. The summed E-state index contributed by atoms with van der Waals surface area (Å²) in [5.41, 5.74) is 1.32. The zero-order valence-corrected chi connectivity index (χ0v) is 14.2. The molecule has 0 aliphatic heterocycles. The first-order chi connectivity index (χ1) is 12.0. The van der Waals surface area contributed by atoms with Crippen molar-refractivity contribution in [2.75, 3.05) is 5.32 Å². The van der Waals surface area contributed by atoms with Crippen LogP contribution >= 0.6 is 0 Å². The highest BCUT2D eigenvalue weighted by atomic mass is 16.4. The Morgan fingerprint density at radius 3 is 2.44 bits per heavy atom. The summed E-state index contributed by atoms with van der Waals surface area (Å²) in [7, 11) is 0. The Bertz CT molecular complexity index is 742. The van der Waals surface area contributed by atoms with Crippen LogP contribution in [-0.4, -0.2) is 22.1 Å². The number of carboxylic acids is 1. The fraction of sp³-hybridized carbons (Fsp3) is 0.300. The van der Waals surface area contributed by atoms with Gasteiger partial charge < -0.3 is 15.5 Å². The molecule has 0 aliphatic carbocycles. The summed E-state index contributed by atoms with van der Waals surface area (Å²) in [6.45, 7) is 2.11. The summed E-state index contributed by atoms with van der Waals surface area (Å²) >= 11 is 0. The van der Waals surface area contributed by atoms with Crippen molar-refractivity contribution in [1.29, 1.82) is 0 Å². The fourth-order valence-electron chi connectivity index (χ4n) is 2.64. The molecule has 0 saturated carbocycles. The van der Waals surface area contributed by atoms with E-state index in [0.717, 1.165) is 24.8 Å². The Labute approximate surface area is 147 Å². The predicted molar refractivity (Wildman–Crippen MR) is 96.9 cm³/mol. The molecule has 0 heterocycles. The second-order valence-corrected chi connectivity index (χ2v) is 5.94. The van der Waals surface area contributed by atoms with Gasteiger partial charge in [-0.25, -0.2) is 4.79 Å². The number of unbranched alkanes of at least 4 members (excludes halogenated alkanes) is 2. The molecule has 0 radical (unpaired) electrons. The minimum atomic E-state index is -1.15. The molecule has 0 spiro atoms. The Hall–Kier alpha value is -2.66. The van der Waals surface area contributed by atoms with Gasteiger partial charge in [-0.2, -0.15) is 0 Å². The number of carbonyl (C=O) groups excluding carboxylic acids is 1. The van der Waals surface area contributed by atoms with Gasteiger partial charge >= 0.3 is 5.97 Å². The second-order valence-electron chi connectivity index (χ2n) is 5.94. The van der Waals surface area contributed by atoms with Crippen molar-refractivity contribution >= 4 is 17.6 Å². The zero-order valence-electron chi connectivity index (χ0n) is 14.2. The van der Waals surface area contributed by atoms with E-state index in [1.807, 2.05) is 6.07 Å². The molecule has 0 fully saturated rings. The maximum atomic E-state index is 12.4. The average molecular weight is 341 g/mol. The molecule has 0 aromatic heterocycles. The molecule has 5 nitrogen and oxygen atoms in total. The smallest absolute Gasteiger partial charge is 0.336 e. The molecule has 25 heavy (non-hydrogen) atoms. The molecule has 1 amide bonds. The minimum Gasteiger partial charge on any atom is -0.478 e. The summed E-state index contributed by atoms with van der Waals surface area (Å²) < 4.78 is 0. The number of anilines is 1. The topological polar surface area (TPSA) is 86.6 Å². The maximum absolute atomic E-state index is 12.4. The van der Waals surface area contributed by atoms with Gasteiger partial charge in [0, 0.05) is 5.69 Å². The number of rotatable bonds is 8. The van der Waals surface area contributed by atoms with Gasteiger partial charge in [-0.1, -0.05) is 50.5 Å². The lowest BCUT2D eigenvalue weighted by Gasteiger charge is -2.13. The number of amides is 1. The van der Waals surface area contributed by atoms with Crippen LogP contribution in [0.4, 0.5) is 5.69 Å². The first-order valence-electron chi connectivity index (χ1n) is 8.44. The zero-order chi connectivity index (χ0) is 18.2. The summed E-state index contributed by atoms with van der Waals surface area (Å²) in [5, 5.41) is 22.1. The third-order valence-electron chi connectivity index (χ3n) is 4.01. The normalized spacial score (nSPS) is 11.8. The van der Waals surface area contributed by atoms with Crippen LogP contribution in [0.15, 0.2) is 48.5 Å². The molecular formula is C20H23NO4. The van der Waals surface area contributed by atoms with Crippen LogP contribution < -0.4 is 5.32 Å². The summed E-state index contributed by atoms with van der Waals surface area (Å²) in [5.74, 6) is -1.64. The van der Waals surface area contributed by atoms with Crippen LogP contribution in [0.25, 0.3) is 0 Å². The SMILES string of the molecule is CCCCCC(O)c1cccc(NC(=O)c2ccccc2C(=O)O)c1. The Balaban J connectivity index is 2.12. The molecule has 1 unspecified atom stereocenters. The third-order valence-corrected chi connectivity index (χ3v) is 4.01. The van der Waals surface area contributed by atoms with E-state index in [1.165, 1.54) is 12.1 Å². The van der Waals surface area contributed by atoms with Gasteiger partial charge in [0.25, 0.3) is 5.91 Å². The number of hydrogen-bond donors (Lipinski definition) is 3. The molecule has 2 aromatic carbocycles. The maximum Gasteiger partial charge on any atom is 0.336 e. The molecule has 132 valence electrons. The number of aromatic carboxylic acids is 1. The fourth-order valence-corrected chi connectivity index (χ4v) is 2.64. The van der Waals surface area contributed by atoms with Crippen molar-refractivity contribution in [3.8, 4) is 0 Å². The first kappa shape index (κ1) is 18.7. The van der Waals surface area contributed by atoms with Gasteiger partial charge in [0.05, 0.1) is 17.2 Å². The number of benzene rings is 2. The molecule has 2 rings (SSSR count). The van der Waals surface area contributed by atoms with Crippen LogP contribution in [0, 0.1) is 0 Å². The van der Waals surface area contributed by atoms with Crippen molar-refractivity contribution < 1.29 is 19.8 Å². The lowest BCUT2D eigenvalue weighted by molar-refractivity contribution is 0.0692. The highest BCUT2D eigenvalue weighted by Crippen LogP contribution is 2.23. The first-order valence-corrected chi connectivity index (χ1v) is 8.44. The average Bonchev–Trinajstić information content (AvgIpc) is 2.62. The largest absolute Gasteiger partial charge is 0.478 e. The lowest BCUT2D eigenvalue weighted by atomic mass is 10.0. The van der Waals surface area contributed by atoms with E-state index in [2.05, 4.69) is 12.2 Å². The van der Waals surface area contributed by atoms with E-state index in [-0.39, 0.29) is 11.1 Å². The summed E-state index contributed by atoms with van der Waals surface area (Å²) in [6, 6.07) is 13.1.